The summed E-state index contributed by atoms with van der Waals surface area (Å²) >= 11 is 0. The van der Waals surface area contributed by atoms with Gasteiger partial charge in [0.15, 0.2) is 0 Å². The largest absolute Gasteiger partial charge is 0.352 e. The predicted molar refractivity (Wildman–Crippen MR) is 75.2 cm³/mol. The van der Waals surface area contributed by atoms with Crippen LogP contribution in [0.4, 0.5) is 0 Å². The number of hydrogen-bond donors (Lipinski definition) is 2. The van der Waals surface area contributed by atoms with E-state index in [1.165, 1.54) is 5.56 Å². The Labute approximate surface area is 110 Å². The molecule has 3 N–H and O–H groups in total. The van der Waals surface area contributed by atoms with Gasteiger partial charge in [-0.1, -0.05) is 50.6 Å². The Morgan fingerprint density at radius 3 is 2.44 bits per heavy atom. The number of amides is 1. The summed E-state index contributed by atoms with van der Waals surface area (Å²) in [6, 6.07) is 9.84. The highest BCUT2D eigenvalue weighted by Gasteiger charge is 2.20. The van der Waals surface area contributed by atoms with Gasteiger partial charge in [0, 0.05) is 6.04 Å². The van der Waals surface area contributed by atoms with Crippen LogP contribution in [0.5, 0.6) is 0 Å². The summed E-state index contributed by atoms with van der Waals surface area (Å²) in [7, 11) is 0. The van der Waals surface area contributed by atoms with Crippen LogP contribution in [0.1, 0.15) is 32.8 Å². The van der Waals surface area contributed by atoms with Crippen molar-refractivity contribution >= 4 is 5.91 Å². The summed E-state index contributed by atoms with van der Waals surface area (Å²) in [6.45, 7) is 6.06. The Hall–Kier alpha value is -1.35. The lowest BCUT2D eigenvalue weighted by Gasteiger charge is -2.21. The first-order chi connectivity index (χ1) is 8.54. The summed E-state index contributed by atoms with van der Waals surface area (Å²) < 4.78 is 0. The van der Waals surface area contributed by atoms with Crippen LogP contribution in [0.15, 0.2) is 30.3 Å². The third kappa shape index (κ3) is 4.49. The van der Waals surface area contributed by atoms with E-state index in [1.807, 2.05) is 39.0 Å². The van der Waals surface area contributed by atoms with Gasteiger partial charge in [0.05, 0.1) is 6.04 Å². The predicted octanol–water partition coefficient (Wildman–Crippen LogP) is 2.11. The summed E-state index contributed by atoms with van der Waals surface area (Å²) in [6.07, 6.45) is 1.75. The van der Waals surface area contributed by atoms with Crippen LogP contribution in [0.2, 0.25) is 0 Å². The summed E-state index contributed by atoms with van der Waals surface area (Å²) in [4.78, 5) is 11.9. The third-order valence-electron chi connectivity index (χ3n) is 3.33. The second-order valence-electron chi connectivity index (χ2n) is 5.01. The van der Waals surface area contributed by atoms with E-state index >= 15 is 0 Å². The molecule has 0 heterocycles. The second kappa shape index (κ2) is 7.17. The zero-order valence-electron chi connectivity index (χ0n) is 11.5. The van der Waals surface area contributed by atoms with Crippen molar-refractivity contribution in [1.82, 2.24) is 5.32 Å². The first-order valence-corrected chi connectivity index (χ1v) is 6.64. The molecule has 0 saturated heterocycles. The minimum atomic E-state index is -0.409. The van der Waals surface area contributed by atoms with Crippen LogP contribution in [-0.2, 0) is 11.2 Å². The van der Waals surface area contributed by atoms with E-state index in [0.29, 0.717) is 0 Å². The number of hydrogen-bond acceptors (Lipinski definition) is 2. The maximum absolute atomic E-state index is 11.9. The Morgan fingerprint density at radius 2 is 1.89 bits per heavy atom. The average Bonchev–Trinajstić information content (AvgIpc) is 2.37. The number of benzene rings is 1. The number of rotatable bonds is 6. The molecule has 3 heteroatoms. The number of nitrogens with one attached hydrogen (secondary N) is 1. The highest BCUT2D eigenvalue weighted by atomic mass is 16.2. The molecule has 0 saturated carbocycles. The van der Waals surface area contributed by atoms with Crippen LogP contribution in [0.25, 0.3) is 0 Å². The Balaban J connectivity index is 2.45. The molecule has 0 fully saturated rings. The fourth-order valence-electron chi connectivity index (χ4n) is 1.87. The van der Waals surface area contributed by atoms with Gasteiger partial charge in [-0.3, -0.25) is 4.79 Å². The van der Waals surface area contributed by atoms with Gasteiger partial charge in [-0.25, -0.2) is 0 Å². The summed E-state index contributed by atoms with van der Waals surface area (Å²) in [5, 5.41) is 2.98. The smallest absolute Gasteiger partial charge is 0.237 e. The molecule has 1 amide bonds. The molecular formula is C15H24N2O. The molecule has 3 nitrogen and oxygen atoms in total. The molecule has 0 aliphatic carbocycles. The monoisotopic (exact) mass is 248 g/mol. The van der Waals surface area contributed by atoms with Gasteiger partial charge in [0.25, 0.3) is 0 Å². The Bertz CT molecular complexity index is 364. The number of nitrogens with two attached hydrogens (primary N) is 1. The van der Waals surface area contributed by atoms with E-state index in [4.69, 9.17) is 5.73 Å². The molecule has 3 atom stereocenters. The lowest BCUT2D eigenvalue weighted by molar-refractivity contribution is -0.124. The standard InChI is InChI=1S/C15H24N2O/c1-4-11(2)14(16)15(18)17-12(3)10-13-8-6-5-7-9-13/h5-9,11-12,14H,4,10,16H2,1-3H3,(H,17,18). The third-order valence-corrected chi connectivity index (χ3v) is 3.33. The zero-order valence-corrected chi connectivity index (χ0v) is 11.5. The normalized spacial score (nSPS) is 15.8. The lowest BCUT2D eigenvalue weighted by Crippen LogP contribution is -2.48. The van der Waals surface area contributed by atoms with E-state index in [2.05, 4.69) is 17.4 Å². The highest BCUT2D eigenvalue weighted by Crippen LogP contribution is 2.07. The maximum atomic E-state index is 11.9. The SMILES string of the molecule is CCC(C)C(N)C(=O)NC(C)Cc1ccccc1. The van der Waals surface area contributed by atoms with Gasteiger partial charge in [-0.15, -0.1) is 0 Å². The van der Waals surface area contributed by atoms with E-state index in [1.54, 1.807) is 0 Å². The molecule has 1 aromatic rings. The van der Waals surface area contributed by atoms with Crippen molar-refractivity contribution < 1.29 is 4.79 Å². The Morgan fingerprint density at radius 1 is 1.28 bits per heavy atom. The quantitative estimate of drug-likeness (QED) is 0.810. The van der Waals surface area contributed by atoms with Crippen LogP contribution in [0, 0.1) is 5.92 Å². The van der Waals surface area contributed by atoms with Gasteiger partial charge in [-0.05, 0) is 24.8 Å². The molecule has 1 aromatic carbocycles. The van der Waals surface area contributed by atoms with Gasteiger partial charge in [0.2, 0.25) is 5.91 Å². The number of carbonyl (C=O) groups is 1. The van der Waals surface area contributed by atoms with Crippen LogP contribution < -0.4 is 11.1 Å². The van der Waals surface area contributed by atoms with Crippen molar-refractivity contribution in [1.29, 1.82) is 0 Å². The topological polar surface area (TPSA) is 55.1 Å². The van der Waals surface area contributed by atoms with E-state index in [-0.39, 0.29) is 17.9 Å². The van der Waals surface area contributed by atoms with Gasteiger partial charge >= 0.3 is 0 Å². The molecule has 0 aliphatic heterocycles. The minimum Gasteiger partial charge on any atom is -0.352 e. The fourth-order valence-corrected chi connectivity index (χ4v) is 1.87. The summed E-state index contributed by atoms with van der Waals surface area (Å²) in [5.41, 5.74) is 7.13. The lowest BCUT2D eigenvalue weighted by atomic mass is 9.98. The maximum Gasteiger partial charge on any atom is 0.237 e. The average molecular weight is 248 g/mol. The minimum absolute atomic E-state index is 0.0484. The van der Waals surface area contributed by atoms with E-state index in [9.17, 15) is 4.79 Å². The molecular weight excluding hydrogens is 224 g/mol. The van der Waals surface area contributed by atoms with Crippen LogP contribution in [-0.4, -0.2) is 18.0 Å². The number of carbonyl (C=O) groups excluding carboxylic acids is 1. The van der Waals surface area contributed by atoms with Crippen molar-refractivity contribution in [2.75, 3.05) is 0 Å². The van der Waals surface area contributed by atoms with Crippen molar-refractivity contribution in [2.24, 2.45) is 11.7 Å². The van der Waals surface area contributed by atoms with Crippen LogP contribution >= 0.6 is 0 Å². The molecule has 0 aliphatic rings. The Kier molecular flexibility index (Phi) is 5.86. The van der Waals surface area contributed by atoms with Crippen molar-refractivity contribution in [3.63, 3.8) is 0 Å². The van der Waals surface area contributed by atoms with Gasteiger partial charge in [0.1, 0.15) is 0 Å². The molecule has 0 bridgehead atoms. The molecule has 1 rings (SSSR count). The molecule has 0 radical (unpaired) electrons. The van der Waals surface area contributed by atoms with Crippen molar-refractivity contribution in [2.45, 2.75) is 45.7 Å². The van der Waals surface area contributed by atoms with Crippen molar-refractivity contribution in [3.8, 4) is 0 Å². The highest BCUT2D eigenvalue weighted by molar-refractivity contribution is 5.82. The molecule has 0 aromatic heterocycles. The van der Waals surface area contributed by atoms with E-state index < -0.39 is 6.04 Å². The summed E-state index contributed by atoms with van der Waals surface area (Å²) in [5.74, 6) is 0.168. The second-order valence-corrected chi connectivity index (χ2v) is 5.01. The first-order valence-electron chi connectivity index (χ1n) is 6.64. The molecule has 3 unspecified atom stereocenters. The zero-order chi connectivity index (χ0) is 13.5. The van der Waals surface area contributed by atoms with E-state index in [0.717, 1.165) is 12.8 Å². The first kappa shape index (κ1) is 14.7. The van der Waals surface area contributed by atoms with Gasteiger partial charge < -0.3 is 11.1 Å². The fraction of sp³-hybridized carbons (Fsp3) is 0.533. The molecule has 100 valence electrons. The van der Waals surface area contributed by atoms with Gasteiger partial charge in [-0.2, -0.15) is 0 Å². The molecule has 18 heavy (non-hydrogen) atoms. The molecule has 0 spiro atoms. The van der Waals surface area contributed by atoms with Crippen LogP contribution in [0.3, 0.4) is 0 Å². The van der Waals surface area contributed by atoms with Crippen molar-refractivity contribution in [3.05, 3.63) is 35.9 Å².